The van der Waals surface area contributed by atoms with Gasteiger partial charge in [-0.3, -0.25) is 0 Å². The Morgan fingerprint density at radius 1 is 0.941 bits per heavy atom. The van der Waals surface area contributed by atoms with Crippen molar-refractivity contribution in [1.29, 1.82) is 0 Å². The van der Waals surface area contributed by atoms with Gasteiger partial charge in [0, 0.05) is 18.7 Å². The predicted octanol–water partition coefficient (Wildman–Crippen LogP) is 6.13. The molecule has 1 aromatic heterocycles. The number of aromatic nitrogens is 1. The van der Waals surface area contributed by atoms with Crippen LogP contribution in [0.1, 0.15) is 50.0 Å². The molecule has 0 saturated carbocycles. The van der Waals surface area contributed by atoms with Crippen molar-refractivity contribution >= 4 is 28.3 Å². The number of aliphatic hydroxyl groups is 1. The molecule has 0 fully saturated rings. The Kier molecular flexibility index (Phi) is 13.1. The molecule has 0 spiro atoms. The van der Waals surface area contributed by atoms with Gasteiger partial charge in [-0.2, -0.15) is 0 Å². The standard InChI is InChI=1S/C26H33BrN2O4.ClH/c1-20(28-19-24(30)25-18-26(27)29-33-25)17-21-11-13-23(14-12-21)32-16-8-3-2-7-15-31-22-9-5-4-6-10-22;/h4-6,9-14,18,20,24,28,30H,2-3,7-8,15-17,19H2,1H3;1H/t20-,24-;/m1./s1. The number of hydrogen-bond acceptors (Lipinski definition) is 6. The highest BCUT2D eigenvalue weighted by Gasteiger charge is 2.14. The second-order valence-corrected chi connectivity index (χ2v) is 8.96. The fraction of sp³-hybridized carbons (Fsp3) is 0.423. The number of rotatable bonds is 15. The molecule has 186 valence electrons. The summed E-state index contributed by atoms with van der Waals surface area (Å²) in [4.78, 5) is 0. The van der Waals surface area contributed by atoms with E-state index in [0.29, 0.717) is 16.9 Å². The quantitative estimate of drug-likeness (QED) is 0.220. The maximum Gasteiger partial charge on any atom is 0.167 e. The second kappa shape index (κ2) is 15.8. The average molecular weight is 554 g/mol. The Hall–Kier alpha value is -2.06. The minimum Gasteiger partial charge on any atom is -0.494 e. The Labute approximate surface area is 216 Å². The highest BCUT2D eigenvalue weighted by molar-refractivity contribution is 9.10. The SMILES string of the molecule is C[C@H](Cc1ccc(OCCCCCCOc2ccccc2)cc1)NC[C@@H](O)c1cc(Br)no1.Cl. The van der Waals surface area contributed by atoms with E-state index in [4.69, 9.17) is 14.0 Å². The molecule has 2 aromatic carbocycles. The summed E-state index contributed by atoms with van der Waals surface area (Å²) in [6, 6.07) is 20.1. The molecule has 34 heavy (non-hydrogen) atoms. The fourth-order valence-corrected chi connectivity index (χ4v) is 3.74. The van der Waals surface area contributed by atoms with Crippen molar-refractivity contribution < 1.29 is 19.1 Å². The smallest absolute Gasteiger partial charge is 0.167 e. The zero-order valence-electron chi connectivity index (χ0n) is 19.5. The molecule has 0 aliphatic heterocycles. The van der Waals surface area contributed by atoms with Crippen LogP contribution < -0.4 is 14.8 Å². The third-order valence-corrected chi connectivity index (χ3v) is 5.65. The number of nitrogens with one attached hydrogen (secondary N) is 1. The van der Waals surface area contributed by atoms with Crippen LogP contribution in [0.2, 0.25) is 0 Å². The summed E-state index contributed by atoms with van der Waals surface area (Å²) in [5.74, 6) is 2.29. The van der Waals surface area contributed by atoms with Crippen LogP contribution in [0, 0.1) is 0 Å². The normalized spacial score (nSPS) is 12.6. The summed E-state index contributed by atoms with van der Waals surface area (Å²) in [7, 11) is 0. The fourth-order valence-electron chi connectivity index (χ4n) is 3.44. The van der Waals surface area contributed by atoms with Gasteiger partial charge in [0.05, 0.1) is 13.2 Å². The molecule has 0 amide bonds. The van der Waals surface area contributed by atoms with Crippen molar-refractivity contribution in [1.82, 2.24) is 10.5 Å². The number of para-hydroxylation sites is 1. The Bertz CT molecular complexity index is 924. The van der Waals surface area contributed by atoms with E-state index in [-0.39, 0.29) is 18.4 Å². The first-order valence-electron chi connectivity index (χ1n) is 11.5. The predicted molar refractivity (Wildman–Crippen MR) is 140 cm³/mol. The van der Waals surface area contributed by atoms with E-state index < -0.39 is 6.10 Å². The average Bonchev–Trinajstić information content (AvgIpc) is 3.27. The number of benzene rings is 2. The molecule has 0 bridgehead atoms. The zero-order valence-corrected chi connectivity index (χ0v) is 21.9. The van der Waals surface area contributed by atoms with Crippen molar-refractivity contribution in [2.75, 3.05) is 19.8 Å². The molecule has 2 N–H and O–H groups in total. The van der Waals surface area contributed by atoms with Gasteiger partial charge >= 0.3 is 0 Å². The van der Waals surface area contributed by atoms with Gasteiger partial charge in [0.1, 0.15) is 22.2 Å². The summed E-state index contributed by atoms with van der Waals surface area (Å²) in [6.45, 7) is 3.99. The number of halogens is 2. The number of unbranched alkanes of at least 4 members (excludes halogenated alkanes) is 3. The number of nitrogens with zero attached hydrogens (tertiary/aromatic N) is 1. The summed E-state index contributed by atoms with van der Waals surface area (Å²) in [6.07, 6.45) is 4.51. The van der Waals surface area contributed by atoms with Crippen LogP contribution in [0.4, 0.5) is 0 Å². The van der Waals surface area contributed by atoms with Crippen molar-refractivity contribution in [3.05, 3.63) is 76.6 Å². The van der Waals surface area contributed by atoms with Gasteiger partial charge < -0.3 is 24.4 Å². The van der Waals surface area contributed by atoms with Crippen LogP contribution in [0.3, 0.4) is 0 Å². The zero-order chi connectivity index (χ0) is 23.3. The largest absolute Gasteiger partial charge is 0.494 e. The molecule has 2 atom stereocenters. The maximum atomic E-state index is 10.2. The number of ether oxygens (including phenoxy) is 2. The van der Waals surface area contributed by atoms with Crippen molar-refractivity contribution in [2.45, 2.75) is 51.2 Å². The monoisotopic (exact) mass is 552 g/mol. The summed E-state index contributed by atoms with van der Waals surface area (Å²) >= 11 is 3.22. The molecule has 0 aliphatic rings. The lowest BCUT2D eigenvalue weighted by Crippen LogP contribution is -2.31. The van der Waals surface area contributed by atoms with Crippen molar-refractivity contribution in [3.63, 3.8) is 0 Å². The molecular weight excluding hydrogens is 520 g/mol. The summed E-state index contributed by atoms with van der Waals surface area (Å²) < 4.78 is 17.2. The van der Waals surface area contributed by atoms with E-state index in [1.165, 1.54) is 5.56 Å². The van der Waals surface area contributed by atoms with E-state index in [2.05, 4.69) is 45.5 Å². The second-order valence-electron chi connectivity index (χ2n) is 8.15. The molecule has 0 aliphatic carbocycles. The lowest BCUT2D eigenvalue weighted by atomic mass is 10.1. The van der Waals surface area contributed by atoms with Gasteiger partial charge in [0.2, 0.25) is 0 Å². The van der Waals surface area contributed by atoms with Gasteiger partial charge in [-0.05, 0) is 84.8 Å². The molecule has 6 nitrogen and oxygen atoms in total. The number of aliphatic hydroxyl groups excluding tert-OH is 1. The van der Waals surface area contributed by atoms with Gasteiger partial charge in [-0.1, -0.05) is 35.5 Å². The van der Waals surface area contributed by atoms with Gasteiger partial charge in [0.15, 0.2) is 5.76 Å². The first-order valence-corrected chi connectivity index (χ1v) is 12.3. The Morgan fingerprint density at radius 2 is 1.56 bits per heavy atom. The maximum absolute atomic E-state index is 10.2. The summed E-state index contributed by atoms with van der Waals surface area (Å²) in [5, 5.41) is 17.2. The lowest BCUT2D eigenvalue weighted by Gasteiger charge is -2.16. The van der Waals surface area contributed by atoms with E-state index >= 15 is 0 Å². The Balaban J connectivity index is 0.00000408. The van der Waals surface area contributed by atoms with Crippen LogP contribution >= 0.6 is 28.3 Å². The number of hydrogen-bond donors (Lipinski definition) is 2. The molecule has 0 radical (unpaired) electrons. The molecule has 0 unspecified atom stereocenters. The van der Waals surface area contributed by atoms with Crippen LogP contribution in [0.15, 0.2) is 69.8 Å². The first kappa shape index (κ1) is 28.2. The van der Waals surface area contributed by atoms with Crippen molar-refractivity contribution in [3.8, 4) is 11.5 Å². The third kappa shape index (κ3) is 10.5. The van der Waals surface area contributed by atoms with Crippen LogP contribution in [-0.2, 0) is 6.42 Å². The molecule has 8 heteroatoms. The first-order chi connectivity index (χ1) is 16.1. The van der Waals surface area contributed by atoms with E-state index in [0.717, 1.165) is 56.8 Å². The molecule has 1 heterocycles. The van der Waals surface area contributed by atoms with E-state index in [1.54, 1.807) is 6.07 Å². The summed E-state index contributed by atoms with van der Waals surface area (Å²) in [5.41, 5.74) is 1.22. The minimum absolute atomic E-state index is 0. The lowest BCUT2D eigenvalue weighted by molar-refractivity contribution is 0.134. The topological polar surface area (TPSA) is 76.8 Å². The van der Waals surface area contributed by atoms with Gasteiger partial charge in [-0.25, -0.2) is 0 Å². The van der Waals surface area contributed by atoms with Crippen LogP contribution in [0.5, 0.6) is 11.5 Å². The van der Waals surface area contributed by atoms with Crippen LogP contribution in [0.25, 0.3) is 0 Å². The van der Waals surface area contributed by atoms with Crippen molar-refractivity contribution in [2.24, 2.45) is 0 Å². The molecule has 0 saturated heterocycles. The third-order valence-electron chi connectivity index (χ3n) is 5.27. The molecule has 3 aromatic rings. The van der Waals surface area contributed by atoms with Gasteiger partial charge in [0.25, 0.3) is 0 Å². The van der Waals surface area contributed by atoms with E-state index in [9.17, 15) is 5.11 Å². The molecule has 3 rings (SSSR count). The highest BCUT2D eigenvalue weighted by atomic mass is 79.9. The molecular formula is C26H34BrClN2O4. The highest BCUT2D eigenvalue weighted by Crippen LogP contribution is 2.18. The van der Waals surface area contributed by atoms with Crippen LogP contribution in [-0.4, -0.2) is 36.1 Å². The minimum atomic E-state index is -0.724. The van der Waals surface area contributed by atoms with E-state index in [1.807, 2.05) is 42.5 Å². The van der Waals surface area contributed by atoms with Gasteiger partial charge in [-0.15, -0.1) is 12.4 Å². The Morgan fingerprint density at radius 3 is 2.15 bits per heavy atom.